The Morgan fingerprint density at radius 1 is 1.19 bits per heavy atom. The van der Waals surface area contributed by atoms with Gasteiger partial charge in [0.1, 0.15) is 12.0 Å². The lowest BCUT2D eigenvalue weighted by atomic mass is 10.1. The number of nitrogens with one attached hydrogen (secondary N) is 1. The maximum atomic E-state index is 4.55. The molecule has 0 radical (unpaired) electrons. The fourth-order valence-corrected chi connectivity index (χ4v) is 3.85. The highest BCUT2D eigenvalue weighted by Crippen LogP contribution is 2.41. The van der Waals surface area contributed by atoms with Crippen LogP contribution in [0, 0.1) is 11.8 Å². The number of nitrogens with zero attached hydrogens (tertiary/aromatic N) is 3. The average Bonchev–Trinajstić information content (AvgIpc) is 3.18. The van der Waals surface area contributed by atoms with Crippen LogP contribution in [0.5, 0.6) is 0 Å². The molecule has 0 amide bonds. The molecule has 3 aromatic heterocycles. The summed E-state index contributed by atoms with van der Waals surface area (Å²) in [6, 6.07) is 6.77. The zero-order chi connectivity index (χ0) is 14.4. The van der Waals surface area contributed by atoms with Gasteiger partial charge in [-0.3, -0.25) is 0 Å². The lowest BCUT2D eigenvalue weighted by molar-refractivity contribution is 0.416. The van der Waals surface area contributed by atoms with Gasteiger partial charge in [-0.1, -0.05) is 13.8 Å². The molecule has 3 aromatic rings. The van der Waals surface area contributed by atoms with Crippen LogP contribution in [0.4, 0.5) is 0 Å². The molecule has 0 spiro atoms. The van der Waals surface area contributed by atoms with Crippen LogP contribution in [0.2, 0.25) is 0 Å². The van der Waals surface area contributed by atoms with Gasteiger partial charge < -0.3 is 9.55 Å². The van der Waals surface area contributed by atoms with Crippen molar-refractivity contribution in [2.24, 2.45) is 11.8 Å². The Morgan fingerprint density at radius 3 is 2.81 bits per heavy atom. The molecule has 3 atom stereocenters. The number of fused-ring (bicyclic) bond motifs is 1. The van der Waals surface area contributed by atoms with E-state index in [-0.39, 0.29) is 0 Å². The van der Waals surface area contributed by atoms with Crippen LogP contribution in [0.15, 0.2) is 36.9 Å². The Bertz CT molecular complexity index is 756. The Labute approximate surface area is 124 Å². The first-order valence-electron chi connectivity index (χ1n) is 7.69. The summed E-state index contributed by atoms with van der Waals surface area (Å²) >= 11 is 0. The second kappa shape index (κ2) is 4.72. The van der Waals surface area contributed by atoms with E-state index in [0.29, 0.717) is 12.0 Å². The third-order valence-electron chi connectivity index (χ3n) is 4.79. The van der Waals surface area contributed by atoms with E-state index < -0.39 is 0 Å². The highest BCUT2D eigenvalue weighted by Gasteiger charge is 2.31. The van der Waals surface area contributed by atoms with Crippen molar-refractivity contribution in [3.05, 3.63) is 36.9 Å². The standard InChI is InChI=1S/C17H20N4/c1-11-8-12(2)15(9-11)21-7-5-13-16(14-4-3-6-18-14)19-10-20-17(13)21/h3-7,10-12,15,18H,8-9H2,1-2H3. The summed E-state index contributed by atoms with van der Waals surface area (Å²) in [5.74, 6) is 1.51. The molecule has 3 unspecified atom stereocenters. The van der Waals surface area contributed by atoms with Crippen molar-refractivity contribution in [1.82, 2.24) is 19.5 Å². The first-order valence-corrected chi connectivity index (χ1v) is 7.69. The quantitative estimate of drug-likeness (QED) is 0.770. The minimum Gasteiger partial charge on any atom is -0.360 e. The number of rotatable bonds is 2. The number of H-pyrrole nitrogens is 1. The van der Waals surface area contributed by atoms with E-state index in [4.69, 9.17) is 0 Å². The van der Waals surface area contributed by atoms with Gasteiger partial charge in [-0.25, -0.2) is 9.97 Å². The Balaban J connectivity index is 1.85. The molecule has 1 aliphatic rings. The van der Waals surface area contributed by atoms with Crippen LogP contribution < -0.4 is 0 Å². The largest absolute Gasteiger partial charge is 0.360 e. The van der Waals surface area contributed by atoms with Gasteiger partial charge in [0, 0.05) is 23.8 Å². The second-order valence-electron chi connectivity index (χ2n) is 6.39. The van der Waals surface area contributed by atoms with Crippen LogP contribution in [0.1, 0.15) is 32.7 Å². The molecule has 1 N–H and O–H groups in total. The summed E-state index contributed by atoms with van der Waals surface area (Å²) in [6.07, 6.45) is 8.34. The van der Waals surface area contributed by atoms with Gasteiger partial charge in [-0.15, -0.1) is 0 Å². The molecule has 3 heterocycles. The Kier molecular flexibility index (Phi) is 2.84. The lowest BCUT2D eigenvalue weighted by Crippen LogP contribution is -2.11. The molecule has 0 aromatic carbocycles. The van der Waals surface area contributed by atoms with Gasteiger partial charge in [-0.05, 0) is 42.9 Å². The molecule has 1 fully saturated rings. The summed E-state index contributed by atoms with van der Waals surface area (Å²) in [4.78, 5) is 12.3. The van der Waals surface area contributed by atoms with Gasteiger partial charge in [-0.2, -0.15) is 0 Å². The summed E-state index contributed by atoms with van der Waals surface area (Å²) in [7, 11) is 0. The summed E-state index contributed by atoms with van der Waals surface area (Å²) in [5.41, 5.74) is 3.09. The first kappa shape index (κ1) is 12.6. The monoisotopic (exact) mass is 280 g/mol. The molecular formula is C17H20N4. The average molecular weight is 280 g/mol. The molecule has 4 rings (SSSR count). The number of aromatic amines is 1. The van der Waals surface area contributed by atoms with Crippen molar-refractivity contribution >= 4 is 11.0 Å². The lowest BCUT2D eigenvalue weighted by Gasteiger charge is -2.18. The predicted octanol–water partition coefficient (Wildman–Crippen LogP) is 4.03. The zero-order valence-corrected chi connectivity index (χ0v) is 12.5. The van der Waals surface area contributed by atoms with Crippen LogP contribution in [0.3, 0.4) is 0 Å². The van der Waals surface area contributed by atoms with Gasteiger partial charge >= 0.3 is 0 Å². The van der Waals surface area contributed by atoms with Crippen LogP contribution >= 0.6 is 0 Å². The van der Waals surface area contributed by atoms with E-state index in [1.165, 1.54) is 12.8 Å². The maximum Gasteiger partial charge on any atom is 0.144 e. The van der Waals surface area contributed by atoms with Crippen LogP contribution in [-0.2, 0) is 0 Å². The van der Waals surface area contributed by atoms with E-state index in [1.807, 2.05) is 12.3 Å². The van der Waals surface area contributed by atoms with E-state index in [0.717, 1.165) is 28.3 Å². The smallest absolute Gasteiger partial charge is 0.144 e. The maximum absolute atomic E-state index is 4.55. The third-order valence-corrected chi connectivity index (χ3v) is 4.79. The van der Waals surface area contributed by atoms with E-state index in [1.54, 1.807) is 6.33 Å². The van der Waals surface area contributed by atoms with Crippen LogP contribution in [0.25, 0.3) is 22.4 Å². The SMILES string of the molecule is CC1CC(C)C(n2ccc3c(-c4ccc[nH]4)ncnc32)C1. The summed E-state index contributed by atoms with van der Waals surface area (Å²) in [6.45, 7) is 4.70. The zero-order valence-electron chi connectivity index (χ0n) is 12.5. The Morgan fingerprint density at radius 2 is 2.10 bits per heavy atom. The minimum atomic E-state index is 0.559. The highest BCUT2D eigenvalue weighted by atomic mass is 15.1. The van der Waals surface area contributed by atoms with E-state index in [9.17, 15) is 0 Å². The Hall–Kier alpha value is -2.10. The number of hydrogen-bond donors (Lipinski definition) is 1. The van der Waals surface area contributed by atoms with Gasteiger partial charge in [0.15, 0.2) is 0 Å². The molecule has 0 saturated heterocycles. The molecule has 4 heteroatoms. The van der Waals surface area contributed by atoms with Crippen molar-refractivity contribution < 1.29 is 0 Å². The van der Waals surface area contributed by atoms with Crippen molar-refractivity contribution in [3.8, 4) is 11.4 Å². The predicted molar refractivity (Wildman–Crippen MR) is 83.9 cm³/mol. The topological polar surface area (TPSA) is 46.5 Å². The summed E-state index contributed by atoms with van der Waals surface area (Å²) in [5, 5.41) is 1.13. The molecule has 1 saturated carbocycles. The van der Waals surface area contributed by atoms with Crippen molar-refractivity contribution in [2.75, 3.05) is 0 Å². The molecule has 21 heavy (non-hydrogen) atoms. The normalized spacial score (nSPS) is 25.7. The molecule has 4 nitrogen and oxygen atoms in total. The first-order chi connectivity index (χ1) is 10.2. The van der Waals surface area contributed by atoms with Crippen molar-refractivity contribution in [3.63, 3.8) is 0 Å². The minimum absolute atomic E-state index is 0.559. The van der Waals surface area contributed by atoms with Gasteiger partial charge in [0.25, 0.3) is 0 Å². The van der Waals surface area contributed by atoms with E-state index in [2.05, 4.69) is 51.7 Å². The number of aromatic nitrogens is 4. The second-order valence-corrected chi connectivity index (χ2v) is 6.39. The fraction of sp³-hybridized carbons (Fsp3) is 0.412. The fourth-order valence-electron chi connectivity index (χ4n) is 3.85. The van der Waals surface area contributed by atoms with Gasteiger partial charge in [0.05, 0.1) is 11.4 Å². The number of hydrogen-bond acceptors (Lipinski definition) is 2. The molecule has 108 valence electrons. The summed E-state index contributed by atoms with van der Waals surface area (Å²) < 4.78 is 2.36. The highest BCUT2D eigenvalue weighted by molar-refractivity contribution is 5.89. The molecular weight excluding hydrogens is 260 g/mol. The van der Waals surface area contributed by atoms with Crippen molar-refractivity contribution in [1.29, 1.82) is 0 Å². The molecule has 1 aliphatic carbocycles. The third kappa shape index (κ3) is 1.97. The molecule has 0 bridgehead atoms. The van der Waals surface area contributed by atoms with Crippen LogP contribution in [-0.4, -0.2) is 19.5 Å². The van der Waals surface area contributed by atoms with Crippen molar-refractivity contribution in [2.45, 2.75) is 32.7 Å². The van der Waals surface area contributed by atoms with Gasteiger partial charge in [0.2, 0.25) is 0 Å². The van der Waals surface area contributed by atoms with E-state index >= 15 is 0 Å². The molecule has 0 aliphatic heterocycles.